The molecule has 0 spiro atoms. The predicted octanol–water partition coefficient (Wildman–Crippen LogP) is 1.49. The standard InChI is InChI=1S/C20H23F3N4O4/c21-20(22,23)14-9-13(26-7-8-31-10-16(26)28)5-6-15(14)25-19(30)17(18(24)29)27(11-1-2-11)12-3-4-12/h5-6,9,11-12,17H,1-4,7-8,10H2,(H2,24,29)(H,25,30)/t17-/m1/s1. The van der Waals surface area contributed by atoms with Gasteiger partial charge in [-0.2, -0.15) is 13.2 Å². The number of carbonyl (C=O) groups is 3. The van der Waals surface area contributed by atoms with Gasteiger partial charge in [0.1, 0.15) is 6.61 Å². The summed E-state index contributed by atoms with van der Waals surface area (Å²) in [6, 6.07) is 2.00. The number of hydrogen-bond donors (Lipinski definition) is 2. The first-order chi connectivity index (χ1) is 14.7. The number of anilines is 2. The van der Waals surface area contributed by atoms with Gasteiger partial charge in [-0.05, 0) is 43.9 Å². The van der Waals surface area contributed by atoms with E-state index in [0.717, 1.165) is 37.8 Å². The third-order valence-corrected chi connectivity index (χ3v) is 5.62. The lowest BCUT2D eigenvalue weighted by Crippen LogP contribution is -2.54. The number of hydrogen-bond acceptors (Lipinski definition) is 5. The SMILES string of the molecule is NC(=O)[C@H](C(=O)Nc1ccc(N2CCOCC2=O)cc1C(F)(F)F)N(C1CC1)C1CC1. The fourth-order valence-corrected chi connectivity index (χ4v) is 3.91. The molecular formula is C20H23F3N4O4. The molecule has 3 N–H and O–H groups in total. The van der Waals surface area contributed by atoms with Gasteiger partial charge in [-0.25, -0.2) is 0 Å². The zero-order valence-electron chi connectivity index (χ0n) is 16.7. The van der Waals surface area contributed by atoms with Crippen molar-refractivity contribution in [2.24, 2.45) is 5.73 Å². The number of alkyl halides is 3. The molecule has 2 saturated carbocycles. The van der Waals surface area contributed by atoms with E-state index < -0.39 is 41.2 Å². The maximum absolute atomic E-state index is 13.8. The molecule has 168 valence electrons. The van der Waals surface area contributed by atoms with Crippen molar-refractivity contribution in [1.29, 1.82) is 0 Å². The third-order valence-electron chi connectivity index (χ3n) is 5.62. The average molecular weight is 440 g/mol. The maximum atomic E-state index is 13.8. The number of nitrogens with two attached hydrogens (primary N) is 1. The molecule has 3 fully saturated rings. The van der Waals surface area contributed by atoms with Gasteiger partial charge in [0.25, 0.3) is 11.8 Å². The van der Waals surface area contributed by atoms with Crippen molar-refractivity contribution in [3.63, 3.8) is 0 Å². The predicted molar refractivity (Wildman–Crippen MR) is 104 cm³/mol. The lowest BCUT2D eigenvalue weighted by molar-refractivity contribution is -0.137. The summed E-state index contributed by atoms with van der Waals surface area (Å²) in [5.41, 5.74) is 3.93. The Bertz CT molecular complexity index is 887. The first kappa shape index (κ1) is 21.6. The molecule has 1 aliphatic heterocycles. The molecule has 2 aliphatic carbocycles. The first-order valence-corrected chi connectivity index (χ1v) is 10.1. The third kappa shape index (κ3) is 4.67. The fraction of sp³-hybridized carbons (Fsp3) is 0.550. The summed E-state index contributed by atoms with van der Waals surface area (Å²) >= 11 is 0. The van der Waals surface area contributed by atoms with E-state index in [0.29, 0.717) is 0 Å². The van der Waals surface area contributed by atoms with Gasteiger partial charge in [0.05, 0.1) is 17.9 Å². The van der Waals surface area contributed by atoms with Crippen LogP contribution in [0.25, 0.3) is 0 Å². The van der Waals surface area contributed by atoms with Crippen LogP contribution in [-0.4, -0.2) is 60.5 Å². The van der Waals surface area contributed by atoms with E-state index >= 15 is 0 Å². The number of halogens is 3. The summed E-state index contributed by atoms with van der Waals surface area (Å²) in [6.07, 6.45) is -1.50. The van der Waals surface area contributed by atoms with Crippen LogP contribution in [0.3, 0.4) is 0 Å². The smallest absolute Gasteiger partial charge is 0.370 e. The van der Waals surface area contributed by atoms with Crippen molar-refractivity contribution in [3.05, 3.63) is 23.8 Å². The Morgan fingerprint density at radius 2 is 1.84 bits per heavy atom. The van der Waals surface area contributed by atoms with Gasteiger partial charge in [0.15, 0.2) is 6.04 Å². The highest BCUT2D eigenvalue weighted by molar-refractivity contribution is 6.10. The van der Waals surface area contributed by atoms with Gasteiger partial charge >= 0.3 is 6.18 Å². The van der Waals surface area contributed by atoms with E-state index in [-0.39, 0.29) is 37.5 Å². The maximum Gasteiger partial charge on any atom is 0.418 e. The van der Waals surface area contributed by atoms with E-state index in [4.69, 9.17) is 10.5 Å². The quantitative estimate of drug-likeness (QED) is 0.625. The van der Waals surface area contributed by atoms with Crippen molar-refractivity contribution in [3.8, 4) is 0 Å². The summed E-state index contributed by atoms with van der Waals surface area (Å²) in [5, 5.41) is 2.26. The van der Waals surface area contributed by atoms with Crippen LogP contribution in [0.1, 0.15) is 31.2 Å². The van der Waals surface area contributed by atoms with E-state index in [1.807, 2.05) is 0 Å². The second-order valence-corrected chi connectivity index (χ2v) is 8.03. The normalized spacial score (nSPS) is 20.6. The Morgan fingerprint density at radius 3 is 2.35 bits per heavy atom. The van der Waals surface area contributed by atoms with Crippen LogP contribution in [-0.2, 0) is 25.3 Å². The second-order valence-electron chi connectivity index (χ2n) is 8.03. The number of nitrogens with zero attached hydrogens (tertiary/aromatic N) is 2. The molecule has 3 aliphatic rings. The van der Waals surface area contributed by atoms with E-state index in [9.17, 15) is 27.6 Å². The van der Waals surface area contributed by atoms with E-state index in [1.165, 1.54) is 11.0 Å². The number of carbonyl (C=O) groups excluding carboxylic acids is 3. The minimum absolute atomic E-state index is 0.0487. The fourth-order valence-electron chi connectivity index (χ4n) is 3.91. The van der Waals surface area contributed by atoms with Gasteiger partial charge in [-0.1, -0.05) is 0 Å². The molecule has 11 heteroatoms. The number of amides is 3. The van der Waals surface area contributed by atoms with Gasteiger partial charge in [-0.3, -0.25) is 19.3 Å². The molecule has 8 nitrogen and oxygen atoms in total. The van der Waals surface area contributed by atoms with Gasteiger partial charge < -0.3 is 20.7 Å². The van der Waals surface area contributed by atoms with Crippen molar-refractivity contribution in [2.75, 3.05) is 30.0 Å². The molecule has 3 amide bonds. The largest absolute Gasteiger partial charge is 0.418 e. The highest BCUT2D eigenvalue weighted by Crippen LogP contribution is 2.40. The Balaban J connectivity index is 1.61. The van der Waals surface area contributed by atoms with Crippen molar-refractivity contribution < 1.29 is 32.3 Å². The molecule has 1 atom stereocenters. The molecule has 0 radical (unpaired) electrons. The first-order valence-electron chi connectivity index (χ1n) is 10.1. The summed E-state index contributed by atoms with van der Waals surface area (Å²) in [6.45, 7) is 0.131. The minimum Gasteiger partial charge on any atom is -0.370 e. The highest BCUT2D eigenvalue weighted by atomic mass is 19.4. The summed E-state index contributed by atoms with van der Waals surface area (Å²) < 4.78 is 46.3. The average Bonchev–Trinajstić information content (AvgIpc) is 3.60. The Hall–Kier alpha value is -2.66. The topological polar surface area (TPSA) is 105 Å². The summed E-state index contributed by atoms with van der Waals surface area (Å²) in [7, 11) is 0. The Morgan fingerprint density at radius 1 is 1.19 bits per heavy atom. The van der Waals surface area contributed by atoms with Crippen molar-refractivity contribution in [2.45, 2.75) is 50.0 Å². The zero-order valence-corrected chi connectivity index (χ0v) is 16.7. The van der Waals surface area contributed by atoms with Gasteiger partial charge in [0.2, 0.25) is 5.91 Å². The molecule has 1 aromatic rings. The number of rotatable bonds is 7. The molecule has 31 heavy (non-hydrogen) atoms. The Labute approximate surface area is 176 Å². The van der Waals surface area contributed by atoms with Crippen molar-refractivity contribution in [1.82, 2.24) is 4.90 Å². The zero-order chi connectivity index (χ0) is 22.3. The molecule has 0 unspecified atom stereocenters. The molecule has 0 aromatic heterocycles. The summed E-state index contributed by atoms with van der Waals surface area (Å²) in [5.74, 6) is -2.22. The van der Waals surface area contributed by atoms with E-state index in [2.05, 4.69) is 5.32 Å². The molecule has 4 rings (SSSR count). The van der Waals surface area contributed by atoms with Gasteiger partial charge in [-0.15, -0.1) is 0 Å². The van der Waals surface area contributed by atoms with Gasteiger partial charge in [0, 0.05) is 24.3 Å². The highest BCUT2D eigenvalue weighted by Gasteiger charge is 2.48. The van der Waals surface area contributed by atoms with Crippen LogP contribution in [0, 0.1) is 0 Å². The van der Waals surface area contributed by atoms with Crippen LogP contribution < -0.4 is 16.0 Å². The minimum atomic E-state index is -4.79. The molecule has 1 aromatic carbocycles. The summed E-state index contributed by atoms with van der Waals surface area (Å²) in [4.78, 5) is 39.9. The van der Waals surface area contributed by atoms with Crippen LogP contribution in [0.4, 0.5) is 24.5 Å². The lowest BCUT2D eigenvalue weighted by atomic mass is 10.1. The van der Waals surface area contributed by atoms with Crippen molar-refractivity contribution >= 4 is 29.1 Å². The molecule has 1 heterocycles. The number of benzene rings is 1. The Kier molecular flexibility index (Phi) is 5.65. The lowest BCUT2D eigenvalue weighted by Gasteiger charge is -2.30. The number of primary amides is 1. The molecular weight excluding hydrogens is 417 g/mol. The second kappa shape index (κ2) is 8.12. The van der Waals surface area contributed by atoms with Crippen LogP contribution in [0.2, 0.25) is 0 Å². The number of nitrogens with one attached hydrogen (secondary N) is 1. The number of ether oxygens (including phenoxy) is 1. The van der Waals surface area contributed by atoms with Crippen LogP contribution in [0.15, 0.2) is 18.2 Å². The van der Waals surface area contributed by atoms with Crippen LogP contribution in [0.5, 0.6) is 0 Å². The molecule has 1 saturated heterocycles. The van der Waals surface area contributed by atoms with E-state index in [1.54, 1.807) is 4.90 Å². The molecule has 0 bridgehead atoms. The number of morpholine rings is 1. The monoisotopic (exact) mass is 440 g/mol. The van der Waals surface area contributed by atoms with Crippen LogP contribution >= 0.6 is 0 Å².